The summed E-state index contributed by atoms with van der Waals surface area (Å²) in [5.74, 6) is 6.40. The first-order chi connectivity index (χ1) is 17.7. The van der Waals surface area contributed by atoms with Crippen LogP contribution in [-0.4, -0.2) is 36.0 Å². The molecule has 37 heavy (non-hydrogen) atoms. The molecule has 1 amide bonds. The van der Waals surface area contributed by atoms with Crippen molar-refractivity contribution in [1.29, 1.82) is 0 Å². The Morgan fingerprint density at radius 3 is 2.92 bits per heavy atom. The van der Waals surface area contributed by atoms with Crippen LogP contribution in [0.5, 0.6) is 0 Å². The predicted molar refractivity (Wildman–Crippen MR) is 142 cm³/mol. The minimum atomic E-state index is -0.540. The second kappa shape index (κ2) is 11.6. The van der Waals surface area contributed by atoms with Gasteiger partial charge in [0, 0.05) is 17.4 Å². The summed E-state index contributed by atoms with van der Waals surface area (Å²) >= 11 is 0. The van der Waals surface area contributed by atoms with E-state index in [0.717, 1.165) is 38.4 Å². The molecule has 0 radical (unpaired) electrons. The standard InChI is InChI=1S/C31H39NO5/c1-20-16-28(35)29-23(11-12-24-17-26(34)14-15-31(24,29)3)7-5-9-27(20)21(2)19-37-30(36)32-25-8-4-6-22(18-33)10-13-25/h8,10,13-15,17-18,20-23,27-29,35H,5,7,9,11-12,16,19H2,1-3H3,(H,32,36). The number of aliphatic hydroxyl groups excluding tert-OH is 1. The van der Waals surface area contributed by atoms with E-state index in [9.17, 15) is 19.5 Å². The van der Waals surface area contributed by atoms with Crippen LogP contribution in [0.25, 0.3) is 0 Å². The highest BCUT2D eigenvalue weighted by atomic mass is 16.5. The average molecular weight is 506 g/mol. The van der Waals surface area contributed by atoms with Crippen LogP contribution in [0.3, 0.4) is 0 Å². The molecule has 2 N–H and O–H groups in total. The number of ether oxygens (including phenoxy) is 1. The van der Waals surface area contributed by atoms with Crippen LogP contribution >= 0.6 is 0 Å². The molecule has 0 bridgehead atoms. The maximum atomic E-state index is 12.4. The van der Waals surface area contributed by atoms with Crippen LogP contribution in [0.1, 0.15) is 59.3 Å². The van der Waals surface area contributed by atoms with Gasteiger partial charge in [0.15, 0.2) is 5.78 Å². The van der Waals surface area contributed by atoms with E-state index in [1.807, 2.05) is 6.08 Å². The summed E-state index contributed by atoms with van der Waals surface area (Å²) in [6.45, 7) is 6.81. The highest BCUT2D eigenvalue weighted by Gasteiger charge is 2.49. The van der Waals surface area contributed by atoms with Crippen molar-refractivity contribution in [2.45, 2.75) is 65.4 Å². The highest BCUT2D eigenvalue weighted by Crippen LogP contribution is 2.54. The van der Waals surface area contributed by atoms with E-state index in [2.05, 4.69) is 37.9 Å². The van der Waals surface area contributed by atoms with E-state index in [1.165, 1.54) is 5.57 Å². The fraction of sp³-hybridized carbons (Fsp3) is 0.581. The third-order valence-corrected chi connectivity index (χ3v) is 9.02. The smallest absolute Gasteiger partial charge is 0.411 e. The first-order valence-corrected chi connectivity index (χ1v) is 13.6. The maximum absolute atomic E-state index is 12.4. The number of hydrogen-bond donors (Lipinski definition) is 2. The number of ketones is 1. The first kappa shape index (κ1) is 27.1. The topological polar surface area (TPSA) is 92.7 Å². The van der Waals surface area contributed by atoms with Gasteiger partial charge in [-0.05, 0) is 67.6 Å². The number of rotatable bonds is 5. The van der Waals surface area contributed by atoms with Crippen LogP contribution < -0.4 is 5.32 Å². The fourth-order valence-electron chi connectivity index (χ4n) is 7.06. The number of amides is 1. The van der Waals surface area contributed by atoms with Gasteiger partial charge >= 0.3 is 6.09 Å². The Hall–Kier alpha value is -2.91. The van der Waals surface area contributed by atoms with Crippen LogP contribution in [0, 0.1) is 52.8 Å². The number of nitrogens with one attached hydrogen (secondary N) is 1. The van der Waals surface area contributed by atoms with Gasteiger partial charge < -0.3 is 14.6 Å². The molecule has 0 aliphatic heterocycles. The lowest BCUT2D eigenvalue weighted by atomic mass is 9.55. The molecule has 4 aliphatic rings. The van der Waals surface area contributed by atoms with Crippen molar-refractivity contribution in [3.05, 3.63) is 47.7 Å². The molecule has 2 fully saturated rings. The van der Waals surface area contributed by atoms with Crippen LogP contribution in [-0.2, 0) is 14.3 Å². The molecule has 198 valence electrons. The molecule has 8 unspecified atom stereocenters. The van der Waals surface area contributed by atoms with Gasteiger partial charge in [0.25, 0.3) is 0 Å². The van der Waals surface area contributed by atoms with Gasteiger partial charge in [0.2, 0.25) is 0 Å². The third-order valence-electron chi connectivity index (χ3n) is 9.02. The third kappa shape index (κ3) is 6.15. The number of aliphatic hydroxyl groups is 1. The minimum Gasteiger partial charge on any atom is -0.449 e. The lowest BCUT2D eigenvalue weighted by Crippen LogP contribution is -2.46. The molecule has 0 heterocycles. The zero-order valence-electron chi connectivity index (χ0n) is 22.1. The van der Waals surface area contributed by atoms with Crippen LogP contribution in [0.2, 0.25) is 0 Å². The molecule has 0 saturated heterocycles. The monoisotopic (exact) mass is 505 g/mol. The molecule has 0 aromatic carbocycles. The second-order valence-electron chi connectivity index (χ2n) is 11.5. The van der Waals surface area contributed by atoms with E-state index in [-0.39, 0.29) is 29.0 Å². The van der Waals surface area contributed by atoms with Gasteiger partial charge in [-0.2, -0.15) is 0 Å². The molecule has 0 aromatic rings. The summed E-state index contributed by atoms with van der Waals surface area (Å²) < 4.78 is 5.57. The van der Waals surface area contributed by atoms with Crippen molar-refractivity contribution in [1.82, 2.24) is 5.32 Å². The van der Waals surface area contributed by atoms with Gasteiger partial charge in [-0.3, -0.25) is 10.1 Å². The quantitative estimate of drug-likeness (QED) is 0.409. The SMILES string of the molecule is CC(COC(=O)NC1=CC#CC(C=O)C=C1)C1CCCC2CCC3=CC(=O)C=CC3(C)C2C(O)CC1C. The Morgan fingerprint density at radius 2 is 2.14 bits per heavy atom. The summed E-state index contributed by atoms with van der Waals surface area (Å²) in [6.07, 6.45) is 15.9. The van der Waals surface area contributed by atoms with Crippen molar-refractivity contribution in [2.24, 2.45) is 40.9 Å². The van der Waals surface area contributed by atoms with E-state index < -0.39 is 18.1 Å². The summed E-state index contributed by atoms with van der Waals surface area (Å²) in [4.78, 5) is 35.4. The Kier molecular flexibility index (Phi) is 8.54. The highest BCUT2D eigenvalue weighted by molar-refractivity contribution is 6.01. The van der Waals surface area contributed by atoms with Gasteiger partial charge in [-0.15, -0.1) is 0 Å². The summed E-state index contributed by atoms with van der Waals surface area (Å²) in [6, 6.07) is 0. The number of alkyl carbamates (subject to hydrolysis) is 1. The zero-order chi connectivity index (χ0) is 26.6. The lowest BCUT2D eigenvalue weighted by molar-refractivity contribution is -0.111. The molecule has 6 nitrogen and oxygen atoms in total. The van der Waals surface area contributed by atoms with E-state index >= 15 is 0 Å². The summed E-state index contributed by atoms with van der Waals surface area (Å²) in [5.41, 5.74) is 1.40. The Bertz CT molecular complexity index is 1090. The molecule has 6 heteroatoms. The van der Waals surface area contributed by atoms with Gasteiger partial charge in [-0.25, -0.2) is 4.79 Å². The molecule has 2 saturated carbocycles. The zero-order valence-corrected chi connectivity index (χ0v) is 22.1. The van der Waals surface area contributed by atoms with E-state index in [4.69, 9.17) is 4.74 Å². The van der Waals surface area contributed by atoms with Crippen molar-refractivity contribution in [2.75, 3.05) is 6.61 Å². The fourth-order valence-corrected chi connectivity index (χ4v) is 7.06. The Balaban J connectivity index is 1.37. The van der Waals surface area contributed by atoms with Gasteiger partial charge in [0.05, 0.1) is 24.3 Å². The molecule has 0 spiro atoms. The number of fused-ring (bicyclic) bond motifs is 3. The normalized spacial score (nSPS) is 35.9. The van der Waals surface area contributed by atoms with Crippen LogP contribution in [0.4, 0.5) is 4.79 Å². The lowest BCUT2D eigenvalue weighted by Gasteiger charge is -2.49. The Labute approximate surface area is 220 Å². The Morgan fingerprint density at radius 1 is 1.32 bits per heavy atom. The number of carbonyl (C=O) groups is 3. The van der Waals surface area contributed by atoms with Crippen LogP contribution in [0.15, 0.2) is 47.7 Å². The van der Waals surface area contributed by atoms with E-state index in [1.54, 1.807) is 30.4 Å². The summed E-state index contributed by atoms with van der Waals surface area (Å²) in [5, 5.41) is 14.2. The molecule has 8 atom stereocenters. The predicted octanol–water partition coefficient (Wildman–Crippen LogP) is 4.91. The van der Waals surface area contributed by atoms with Gasteiger partial charge in [-0.1, -0.05) is 63.2 Å². The van der Waals surface area contributed by atoms with Crippen molar-refractivity contribution >= 4 is 18.2 Å². The van der Waals surface area contributed by atoms with Crippen molar-refractivity contribution in [3.8, 4) is 11.8 Å². The maximum Gasteiger partial charge on any atom is 0.411 e. The molecule has 0 aromatic heterocycles. The summed E-state index contributed by atoms with van der Waals surface area (Å²) in [7, 11) is 0. The average Bonchev–Trinajstić information content (AvgIpc) is 3.06. The molecule has 4 aliphatic carbocycles. The first-order valence-electron chi connectivity index (χ1n) is 13.6. The number of aldehydes is 1. The molecular formula is C31H39NO5. The molecular weight excluding hydrogens is 466 g/mol. The number of carbonyl (C=O) groups excluding carboxylic acids is 3. The van der Waals surface area contributed by atoms with Gasteiger partial charge in [0.1, 0.15) is 6.29 Å². The number of allylic oxidation sites excluding steroid dienone is 7. The number of hydrogen-bond acceptors (Lipinski definition) is 5. The van der Waals surface area contributed by atoms with Crippen molar-refractivity contribution in [3.63, 3.8) is 0 Å². The minimum absolute atomic E-state index is 0.0548. The molecule has 4 rings (SSSR count). The largest absolute Gasteiger partial charge is 0.449 e. The van der Waals surface area contributed by atoms with Crippen molar-refractivity contribution < 1.29 is 24.2 Å². The second-order valence-corrected chi connectivity index (χ2v) is 11.5. The van der Waals surface area contributed by atoms with E-state index in [0.29, 0.717) is 30.6 Å².